The van der Waals surface area contributed by atoms with Crippen molar-refractivity contribution in [2.75, 3.05) is 19.8 Å². The molecule has 3 nitrogen and oxygen atoms in total. The van der Waals surface area contributed by atoms with Crippen molar-refractivity contribution in [3.63, 3.8) is 0 Å². The molecule has 0 radical (unpaired) electrons. The summed E-state index contributed by atoms with van der Waals surface area (Å²) in [6.45, 7) is 3.67. The van der Waals surface area contributed by atoms with Crippen molar-refractivity contribution in [3.05, 3.63) is 59.9 Å². The Balaban J connectivity index is 1.84. The number of rotatable bonds is 8. The molecule has 0 bridgehead atoms. The van der Waals surface area contributed by atoms with Gasteiger partial charge in [-0.2, -0.15) is 0 Å². The summed E-state index contributed by atoms with van der Waals surface area (Å²) in [7, 11) is 0. The van der Waals surface area contributed by atoms with E-state index in [9.17, 15) is 4.39 Å². The summed E-state index contributed by atoms with van der Waals surface area (Å²) in [6.07, 6.45) is 0.787. The van der Waals surface area contributed by atoms with Gasteiger partial charge in [-0.25, -0.2) is 4.39 Å². The fraction of sp³-hybridized carbons (Fsp3) is 0.333. The highest BCUT2D eigenvalue weighted by Crippen LogP contribution is 2.21. The van der Waals surface area contributed by atoms with Crippen molar-refractivity contribution in [3.8, 4) is 11.5 Å². The molecule has 4 heteroatoms. The van der Waals surface area contributed by atoms with Gasteiger partial charge in [-0.05, 0) is 67.8 Å². The highest BCUT2D eigenvalue weighted by molar-refractivity contribution is 5.31. The summed E-state index contributed by atoms with van der Waals surface area (Å²) < 4.78 is 24.1. The van der Waals surface area contributed by atoms with E-state index in [-0.39, 0.29) is 11.7 Å². The van der Waals surface area contributed by atoms with Gasteiger partial charge in [0.1, 0.15) is 17.3 Å². The van der Waals surface area contributed by atoms with E-state index in [1.54, 1.807) is 12.1 Å². The number of hydrogen-bond acceptors (Lipinski definition) is 3. The monoisotopic (exact) mass is 303 g/mol. The summed E-state index contributed by atoms with van der Waals surface area (Å²) >= 11 is 0. The van der Waals surface area contributed by atoms with Crippen LogP contribution in [-0.2, 0) is 0 Å². The Kier molecular flexibility index (Phi) is 6.22. The van der Waals surface area contributed by atoms with Crippen molar-refractivity contribution < 1.29 is 13.9 Å². The summed E-state index contributed by atoms with van der Waals surface area (Å²) in [5, 5.41) is 0. The first-order chi connectivity index (χ1) is 10.7. The molecule has 1 atom stereocenters. The van der Waals surface area contributed by atoms with Gasteiger partial charge in [-0.15, -0.1) is 0 Å². The normalized spacial score (nSPS) is 12.0. The molecule has 1 unspecified atom stereocenters. The maximum absolute atomic E-state index is 12.9. The maximum atomic E-state index is 12.9. The molecule has 0 aromatic heterocycles. The van der Waals surface area contributed by atoms with Crippen LogP contribution in [0.5, 0.6) is 11.5 Å². The van der Waals surface area contributed by atoms with Crippen LogP contribution in [0.4, 0.5) is 4.39 Å². The Morgan fingerprint density at radius 1 is 0.955 bits per heavy atom. The zero-order valence-electron chi connectivity index (χ0n) is 12.8. The predicted molar refractivity (Wildman–Crippen MR) is 85.9 cm³/mol. The Bertz CT molecular complexity index is 554. The van der Waals surface area contributed by atoms with E-state index in [1.165, 1.54) is 12.1 Å². The van der Waals surface area contributed by atoms with E-state index in [4.69, 9.17) is 15.2 Å². The fourth-order valence-electron chi connectivity index (χ4n) is 2.27. The average molecular weight is 303 g/mol. The molecular weight excluding hydrogens is 281 g/mol. The van der Waals surface area contributed by atoms with Gasteiger partial charge in [-0.3, -0.25) is 0 Å². The minimum Gasteiger partial charge on any atom is -0.494 e. The first-order valence-corrected chi connectivity index (χ1v) is 7.54. The number of halogens is 1. The fourth-order valence-corrected chi connectivity index (χ4v) is 2.27. The van der Waals surface area contributed by atoms with Gasteiger partial charge in [-0.1, -0.05) is 12.1 Å². The third-order valence-electron chi connectivity index (χ3n) is 3.50. The Labute approximate surface area is 130 Å². The first kappa shape index (κ1) is 16.3. The van der Waals surface area contributed by atoms with Crippen LogP contribution in [0.1, 0.15) is 24.8 Å². The molecule has 0 spiro atoms. The van der Waals surface area contributed by atoms with E-state index in [1.807, 2.05) is 31.2 Å². The topological polar surface area (TPSA) is 44.5 Å². The van der Waals surface area contributed by atoms with Gasteiger partial charge < -0.3 is 15.2 Å². The zero-order valence-corrected chi connectivity index (χ0v) is 12.8. The number of hydrogen-bond donors (Lipinski definition) is 1. The van der Waals surface area contributed by atoms with Crippen LogP contribution in [0.15, 0.2) is 48.5 Å². The molecule has 0 aliphatic heterocycles. The second-order valence-corrected chi connectivity index (χ2v) is 5.03. The van der Waals surface area contributed by atoms with E-state index >= 15 is 0 Å². The highest BCUT2D eigenvalue weighted by Gasteiger charge is 2.10. The Morgan fingerprint density at radius 3 is 2.09 bits per heavy atom. The summed E-state index contributed by atoms with van der Waals surface area (Å²) in [5.74, 6) is 1.58. The highest BCUT2D eigenvalue weighted by atomic mass is 19.1. The lowest BCUT2D eigenvalue weighted by molar-refractivity contribution is 0.296. The van der Waals surface area contributed by atoms with Gasteiger partial charge >= 0.3 is 0 Å². The number of nitrogens with two attached hydrogens (primary N) is 1. The van der Waals surface area contributed by atoms with Gasteiger partial charge in [0.05, 0.1) is 13.2 Å². The summed E-state index contributed by atoms with van der Waals surface area (Å²) in [4.78, 5) is 0. The number of ether oxygens (including phenoxy) is 2. The molecule has 0 heterocycles. The lowest BCUT2D eigenvalue weighted by atomic mass is 9.96. The molecule has 0 aliphatic rings. The molecule has 0 aliphatic carbocycles. The van der Waals surface area contributed by atoms with Crippen molar-refractivity contribution in [1.82, 2.24) is 0 Å². The smallest absolute Gasteiger partial charge is 0.123 e. The molecule has 22 heavy (non-hydrogen) atoms. The molecule has 0 amide bonds. The van der Waals surface area contributed by atoms with Gasteiger partial charge in [0.2, 0.25) is 0 Å². The van der Waals surface area contributed by atoms with Crippen molar-refractivity contribution in [1.29, 1.82) is 0 Å². The van der Waals surface area contributed by atoms with Crippen LogP contribution in [-0.4, -0.2) is 19.8 Å². The second kappa shape index (κ2) is 8.39. The quantitative estimate of drug-likeness (QED) is 0.808. The SMILES string of the molecule is CCOc1ccc(OCCC(CN)c2ccc(F)cc2)cc1. The van der Waals surface area contributed by atoms with Gasteiger partial charge in [0.25, 0.3) is 0 Å². The lowest BCUT2D eigenvalue weighted by Gasteiger charge is -2.16. The molecule has 118 valence electrons. The molecule has 0 fully saturated rings. The van der Waals surface area contributed by atoms with Crippen LogP contribution < -0.4 is 15.2 Å². The second-order valence-electron chi connectivity index (χ2n) is 5.03. The summed E-state index contributed by atoms with van der Waals surface area (Å²) in [5.41, 5.74) is 6.85. The molecule has 0 saturated heterocycles. The predicted octanol–water partition coefficient (Wildman–Crippen LogP) is 3.74. The minimum atomic E-state index is -0.231. The van der Waals surface area contributed by atoms with E-state index in [0.717, 1.165) is 23.5 Å². The Morgan fingerprint density at radius 2 is 1.55 bits per heavy atom. The van der Waals surface area contributed by atoms with Crippen LogP contribution in [0.2, 0.25) is 0 Å². The van der Waals surface area contributed by atoms with E-state index < -0.39 is 0 Å². The third-order valence-corrected chi connectivity index (χ3v) is 3.50. The first-order valence-electron chi connectivity index (χ1n) is 7.54. The minimum absolute atomic E-state index is 0.170. The third kappa shape index (κ3) is 4.74. The molecule has 2 rings (SSSR count). The molecule has 2 aromatic rings. The number of benzene rings is 2. The van der Waals surface area contributed by atoms with Crippen molar-refractivity contribution in [2.24, 2.45) is 5.73 Å². The Hall–Kier alpha value is -2.07. The standard InChI is InChI=1S/C18H22FNO2/c1-2-21-17-7-9-18(10-8-17)22-12-11-15(13-20)14-3-5-16(19)6-4-14/h3-10,15H,2,11-13,20H2,1H3. The molecule has 0 saturated carbocycles. The van der Waals surface area contributed by atoms with Gasteiger partial charge in [0.15, 0.2) is 0 Å². The van der Waals surface area contributed by atoms with Crippen molar-refractivity contribution >= 4 is 0 Å². The lowest BCUT2D eigenvalue weighted by Crippen LogP contribution is -2.15. The van der Waals surface area contributed by atoms with Crippen LogP contribution >= 0.6 is 0 Å². The van der Waals surface area contributed by atoms with Gasteiger partial charge in [0, 0.05) is 0 Å². The average Bonchev–Trinajstić information content (AvgIpc) is 2.54. The largest absolute Gasteiger partial charge is 0.494 e. The molecule has 2 aromatic carbocycles. The van der Waals surface area contributed by atoms with Crippen molar-refractivity contribution in [2.45, 2.75) is 19.3 Å². The summed E-state index contributed by atoms with van der Waals surface area (Å²) in [6, 6.07) is 14.0. The van der Waals surface area contributed by atoms with E-state index in [0.29, 0.717) is 19.8 Å². The van der Waals surface area contributed by atoms with Crippen LogP contribution in [0, 0.1) is 5.82 Å². The van der Waals surface area contributed by atoms with E-state index in [2.05, 4.69) is 0 Å². The van der Waals surface area contributed by atoms with Crippen LogP contribution in [0.3, 0.4) is 0 Å². The maximum Gasteiger partial charge on any atom is 0.123 e. The van der Waals surface area contributed by atoms with Crippen LogP contribution in [0.25, 0.3) is 0 Å². The zero-order chi connectivity index (χ0) is 15.8. The molecular formula is C18H22FNO2. The molecule has 2 N–H and O–H groups in total.